The topological polar surface area (TPSA) is 74.7 Å². The summed E-state index contributed by atoms with van der Waals surface area (Å²) in [6.07, 6.45) is 4.70. The van der Waals surface area contributed by atoms with Crippen molar-refractivity contribution in [3.8, 4) is 0 Å². The number of carboxylic acid groups (broad SMARTS) is 1. The van der Waals surface area contributed by atoms with E-state index in [0.717, 1.165) is 32.1 Å². The molecule has 2 rings (SSSR count). The van der Waals surface area contributed by atoms with Crippen LogP contribution in [0, 0.1) is 17.3 Å². The lowest BCUT2D eigenvalue weighted by atomic mass is 9.71. The molecule has 1 aliphatic heterocycles. The minimum absolute atomic E-state index is 0.0484. The summed E-state index contributed by atoms with van der Waals surface area (Å²) in [4.78, 5) is 36.8. The SMILES string of the molecule is CC1C(=O)N(CC2(CC(=O)O)CCCCC2)C(=O)C1C. The van der Waals surface area contributed by atoms with Crippen LogP contribution in [0.3, 0.4) is 0 Å². The van der Waals surface area contributed by atoms with Crippen LogP contribution in [0.5, 0.6) is 0 Å². The Morgan fingerprint density at radius 3 is 2.10 bits per heavy atom. The number of nitrogens with zero attached hydrogens (tertiary/aromatic N) is 1. The highest BCUT2D eigenvalue weighted by atomic mass is 16.4. The quantitative estimate of drug-likeness (QED) is 0.800. The molecule has 0 aromatic heterocycles. The molecule has 2 aliphatic rings. The van der Waals surface area contributed by atoms with Crippen LogP contribution in [-0.2, 0) is 14.4 Å². The number of carboxylic acids is 1. The largest absolute Gasteiger partial charge is 0.481 e. The lowest BCUT2D eigenvalue weighted by Gasteiger charge is -2.38. The minimum atomic E-state index is -0.841. The van der Waals surface area contributed by atoms with Crippen molar-refractivity contribution >= 4 is 17.8 Å². The Bertz CT molecular complexity index is 406. The van der Waals surface area contributed by atoms with Gasteiger partial charge in [-0.05, 0) is 18.3 Å². The molecule has 1 heterocycles. The van der Waals surface area contributed by atoms with Gasteiger partial charge >= 0.3 is 5.97 Å². The van der Waals surface area contributed by atoms with Gasteiger partial charge in [0.15, 0.2) is 0 Å². The number of likely N-dealkylation sites (tertiary alicyclic amines) is 1. The zero-order valence-corrected chi connectivity index (χ0v) is 12.2. The van der Waals surface area contributed by atoms with Crippen molar-refractivity contribution in [3.05, 3.63) is 0 Å². The molecule has 5 nitrogen and oxygen atoms in total. The molecule has 2 fully saturated rings. The molecule has 5 heteroatoms. The number of aliphatic carboxylic acids is 1. The molecule has 1 N–H and O–H groups in total. The molecular formula is C15H23NO4. The van der Waals surface area contributed by atoms with Gasteiger partial charge in [0.1, 0.15) is 0 Å². The van der Waals surface area contributed by atoms with Crippen molar-refractivity contribution in [2.75, 3.05) is 6.54 Å². The second-order valence-electron chi connectivity index (χ2n) is 6.47. The number of amides is 2. The number of hydrogen-bond acceptors (Lipinski definition) is 3. The van der Waals surface area contributed by atoms with E-state index in [1.165, 1.54) is 4.90 Å². The Morgan fingerprint density at radius 2 is 1.65 bits per heavy atom. The third-order valence-electron chi connectivity index (χ3n) is 5.00. The third-order valence-corrected chi connectivity index (χ3v) is 5.00. The number of imide groups is 1. The fourth-order valence-corrected chi connectivity index (χ4v) is 3.53. The van der Waals surface area contributed by atoms with Gasteiger partial charge in [-0.15, -0.1) is 0 Å². The summed E-state index contributed by atoms with van der Waals surface area (Å²) < 4.78 is 0. The summed E-state index contributed by atoms with van der Waals surface area (Å²) >= 11 is 0. The Morgan fingerprint density at radius 1 is 1.15 bits per heavy atom. The smallest absolute Gasteiger partial charge is 0.303 e. The maximum absolute atomic E-state index is 12.2. The van der Waals surface area contributed by atoms with E-state index in [1.807, 2.05) is 0 Å². The summed E-state index contributed by atoms with van der Waals surface area (Å²) in [6, 6.07) is 0. The van der Waals surface area contributed by atoms with E-state index in [-0.39, 0.29) is 36.6 Å². The fourth-order valence-electron chi connectivity index (χ4n) is 3.53. The first-order valence-corrected chi connectivity index (χ1v) is 7.43. The third kappa shape index (κ3) is 2.72. The van der Waals surface area contributed by atoms with E-state index in [4.69, 9.17) is 5.11 Å². The number of hydrogen-bond donors (Lipinski definition) is 1. The van der Waals surface area contributed by atoms with Crippen molar-refractivity contribution in [2.45, 2.75) is 52.4 Å². The Balaban J connectivity index is 2.17. The molecule has 1 saturated carbocycles. The molecule has 2 unspecified atom stereocenters. The minimum Gasteiger partial charge on any atom is -0.481 e. The first-order chi connectivity index (χ1) is 9.36. The van der Waals surface area contributed by atoms with Gasteiger partial charge in [-0.3, -0.25) is 19.3 Å². The normalized spacial score (nSPS) is 29.8. The van der Waals surface area contributed by atoms with Crippen LogP contribution < -0.4 is 0 Å². The second-order valence-corrected chi connectivity index (χ2v) is 6.47. The van der Waals surface area contributed by atoms with Gasteiger partial charge in [0.05, 0.1) is 6.42 Å². The van der Waals surface area contributed by atoms with E-state index in [2.05, 4.69) is 0 Å². The molecule has 2 atom stereocenters. The van der Waals surface area contributed by atoms with Crippen LogP contribution in [-0.4, -0.2) is 34.3 Å². The number of rotatable bonds is 4. The molecule has 0 radical (unpaired) electrons. The van der Waals surface area contributed by atoms with E-state index in [9.17, 15) is 14.4 Å². The van der Waals surface area contributed by atoms with Gasteiger partial charge in [-0.2, -0.15) is 0 Å². The first-order valence-electron chi connectivity index (χ1n) is 7.43. The van der Waals surface area contributed by atoms with Crippen molar-refractivity contribution in [3.63, 3.8) is 0 Å². The Kier molecular flexibility index (Phi) is 4.16. The average Bonchev–Trinajstić information content (AvgIpc) is 2.57. The molecule has 2 amide bonds. The molecule has 1 aliphatic carbocycles. The van der Waals surface area contributed by atoms with Crippen LogP contribution in [0.25, 0.3) is 0 Å². The Labute approximate surface area is 119 Å². The summed E-state index contributed by atoms with van der Waals surface area (Å²) in [5, 5.41) is 9.15. The van der Waals surface area contributed by atoms with Gasteiger partial charge in [0, 0.05) is 18.4 Å². The molecule has 0 spiro atoms. The van der Waals surface area contributed by atoms with Gasteiger partial charge < -0.3 is 5.11 Å². The van der Waals surface area contributed by atoms with Crippen molar-refractivity contribution in [1.29, 1.82) is 0 Å². The summed E-state index contributed by atoms with van der Waals surface area (Å²) in [6.45, 7) is 3.83. The molecule has 0 bridgehead atoms. The maximum atomic E-state index is 12.2. The highest BCUT2D eigenvalue weighted by Crippen LogP contribution is 2.41. The molecule has 0 aromatic rings. The predicted octanol–water partition coefficient (Wildman–Crippen LogP) is 2.05. The lowest BCUT2D eigenvalue weighted by molar-refractivity contribution is -0.147. The molecular weight excluding hydrogens is 258 g/mol. The van der Waals surface area contributed by atoms with Gasteiger partial charge in [-0.1, -0.05) is 33.1 Å². The highest BCUT2D eigenvalue weighted by Gasteiger charge is 2.46. The first kappa shape index (κ1) is 15.0. The maximum Gasteiger partial charge on any atom is 0.303 e. The second kappa shape index (κ2) is 5.54. The van der Waals surface area contributed by atoms with Crippen LogP contribution >= 0.6 is 0 Å². The van der Waals surface area contributed by atoms with Crippen LogP contribution in [0.15, 0.2) is 0 Å². The van der Waals surface area contributed by atoms with E-state index >= 15 is 0 Å². The molecule has 112 valence electrons. The van der Waals surface area contributed by atoms with Crippen LogP contribution in [0.1, 0.15) is 52.4 Å². The monoisotopic (exact) mass is 281 g/mol. The van der Waals surface area contributed by atoms with Gasteiger partial charge in [0.2, 0.25) is 11.8 Å². The van der Waals surface area contributed by atoms with E-state index in [1.54, 1.807) is 13.8 Å². The predicted molar refractivity (Wildman–Crippen MR) is 72.8 cm³/mol. The summed E-state index contributed by atoms with van der Waals surface area (Å²) in [5.74, 6) is -1.69. The standard InChI is InChI=1S/C15H23NO4/c1-10-11(2)14(20)16(13(10)19)9-15(8-12(17)18)6-4-3-5-7-15/h10-11H,3-9H2,1-2H3,(H,17,18). The number of carbonyl (C=O) groups excluding carboxylic acids is 2. The average molecular weight is 281 g/mol. The fraction of sp³-hybridized carbons (Fsp3) is 0.800. The molecule has 20 heavy (non-hydrogen) atoms. The Hall–Kier alpha value is -1.39. The zero-order valence-electron chi connectivity index (χ0n) is 12.2. The van der Waals surface area contributed by atoms with Crippen molar-refractivity contribution in [2.24, 2.45) is 17.3 Å². The van der Waals surface area contributed by atoms with Crippen molar-refractivity contribution in [1.82, 2.24) is 4.90 Å². The van der Waals surface area contributed by atoms with E-state index in [0.29, 0.717) is 0 Å². The van der Waals surface area contributed by atoms with Crippen molar-refractivity contribution < 1.29 is 19.5 Å². The van der Waals surface area contributed by atoms with Crippen LogP contribution in [0.4, 0.5) is 0 Å². The van der Waals surface area contributed by atoms with Crippen LogP contribution in [0.2, 0.25) is 0 Å². The lowest BCUT2D eigenvalue weighted by Crippen LogP contribution is -2.43. The highest BCUT2D eigenvalue weighted by molar-refractivity contribution is 6.04. The zero-order chi connectivity index (χ0) is 14.9. The number of carbonyl (C=O) groups is 3. The molecule has 0 aromatic carbocycles. The summed E-state index contributed by atoms with van der Waals surface area (Å²) in [7, 11) is 0. The van der Waals surface area contributed by atoms with Gasteiger partial charge in [-0.25, -0.2) is 0 Å². The summed E-state index contributed by atoms with van der Waals surface area (Å²) in [5.41, 5.74) is -0.417. The van der Waals surface area contributed by atoms with Gasteiger partial charge in [0.25, 0.3) is 0 Å². The van der Waals surface area contributed by atoms with E-state index < -0.39 is 11.4 Å². The molecule has 1 saturated heterocycles.